The molecule has 1 amide bonds. The predicted octanol–water partition coefficient (Wildman–Crippen LogP) is 2.30. The monoisotopic (exact) mass is 350 g/mol. The Morgan fingerprint density at radius 2 is 2.08 bits per heavy atom. The van der Waals surface area contributed by atoms with Crippen LogP contribution in [0.4, 0.5) is 0 Å². The Labute approximate surface area is 154 Å². The van der Waals surface area contributed by atoms with Gasteiger partial charge in [0.2, 0.25) is 5.91 Å². The van der Waals surface area contributed by atoms with Crippen LogP contribution in [0.15, 0.2) is 54.9 Å². The van der Waals surface area contributed by atoms with Gasteiger partial charge in [0, 0.05) is 38.1 Å². The van der Waals surface area contributed by atoms with Crippen LogP contribution in [-0.4, -0.2) is 42.0 Å². The van der Waals surface area contributed by atoms with Crippen molar-refractivity contribution in [2.24, 2.45) is 5.92 Å². The van der Waals surface area contributed by atoms with Gasteiger partial charge < -0.3 is 10.6 Å². The van der Waals surface area contributed by atoms with Crippen LogP contribution < -0.4 is 10.6 Å². The second-order valence-electron chi connectivity index (χ2n) is 7.27. The fraction of sp³-hybridized carbons (Fsp3) is 0.429. The highest BCUT2D eigenvalue weighted by atomic mass is 16.2. The van der Waals surface area contributed by atoms with E-state index in [4.69, 9.17) is 0 Å². The van der Waals surface area contributed by atoms with Crippen molar-refractivity contribution in [2.75, 3.05) is 26.2 Å². The van der Waals surface area contributed by atoms with Crippen LogP contribution in [0, 0.1) is 5.92 Å². The number of benzene rings is 1. The summed E-state index contributed by atoms with van der Waals surface area (Å²) in [6.45, 7) is 3.06. The molecule has 26 heavy (non-hydrogen) atoms. The minimum Gasteiger partial charge on any atom is -0.348 e. The number of hydrogen-bond acceptors (Lipinski definition) is 4. The third kappa shape index (κ3) is 4.11. The lowest BCUT2D eigenvalue weighted by molar-refractivity contribution is -0.124. The van der Waals surface area contributed by atoms with Crippen LogP contribution in [0.2, 0.25) is 0 Å². The minimum atomic E-state index is 0.113. The van der Waals surface area contributed by atoms with Gasteiger partial charge >= 0.3 is 0 Å². The van der Waals surface area contributed by atoms with E-state index in [1.165, 1.54) is 18.4 Å². The fourth-order valence-corrected chi connectivity index (χ4v) is 3.80. The van der Waals surface area contributed by atoms with Gasteiger partial charge in [0.25, 0.3) is 0 Å². The van der Waals surface area contributed by atoms with Gasteiger partial charge in [-0.1, -0.05) is 36.4 Å². The van der Waals surface area contributed by atoms with Crippen LogP contribution in [0.1, 0.15) is 36.1 Å². The highest BCUT2D eigenvalue weighted by Gasteiger charge is 2.34. The highest BCUT2D eigenvalue weighted by molar-refractivity contribution is 5.78. The molecule has 5 heteroatoms. The maximum absolute atomic E-state index is 12.8. The zero-order chi connectivity index (χ0) is 17.8. The molecule has 1 saturated heterocycles. The molecule has 2 aromatic rings. The van der Waals surface area contributed by atoms with E-state index in [1.807, 2.05) is 30.5 Å². The molecule has 0 spiro atoms. The van der Waals surface area contributed by atoms with Crippen molar-refractivity contribution in [3.63, 3.8) is 0 Å². The molecule has 2 heterocycles. The number of nitrogens with zero attached hydrogens (tertiary/aromatic N) is 2. The van der Waals surface area contributed by atoms with E-state index in [9.17, 15) is 4.79 Å². The number of carbonyl (C=O) groups excluding carboxylic acids is 1. The van der Waals surface area contributed by atoms with E-state index in [0.717, 1.165) is 25.2 Å². The molecule has 5 nitrogen and oxygen atoms in total. The number of pyridine rings is 1. The summed E-state index contributed by atoms with van der Waals surface area (Å²) in [5.41, 5.74) is 2.38. The molecule has 1 aromatic carbocycles. The Morgan fingerprint density at radius 1 is 1.23 bits per heavy atom. The molecule has 0 bridgehead atoms. The van der Waals surface area contributed by atoms with Crippen molar-refractivity contribution in [3.8, 4) is 0 Å². The molecule has 2 unspecified atom stereocenters. The predicted molar refractivity (Wildman–Crippen MR) is 101 cm³/mol. The van der Waals surface area contributed by atoms with Crippen LogP contribution in [0.3, 0.4) is 0 Å². The van der Waals surface area contributed by atoms with Crippen LogP contribution in [0.5, 0.6) is 0 Å². The molecule has 1 aliphatic carbocycles. The lowest BCUT2D eigenvalue weighted by atomic mass is 10.0. The van der Waals surface area contributed by atoms with E-state index in [-0.39, 0.29) is 18.0 Å². The molecule has 1 aromatic heterocycles. The van der Waals surface area contributed by atoms with E-state index < -0.39 is 0 Å². The molecule has 2 fully saturated rings. The van der Waals surface area contributed by atoms with Gasteiger partial charge in [-0.15, -0.1) is 0 Å². The quantitative estimate of drug-likeness (QED) is 0.839. The first-order valence-electron chi connectivity index (χ1n) is 9.50. The molecule has 1 saturated carbocycles. The largest absolute Gasteiger partial charge is 0.348 e. The Kier molecular flexibility index (Phi) is 5.27. The second-order valence-corrected chi connectivity index (χ2v) is 7.27. The lowest BCUT2D eigenvalue weighted by Crippen LogP contribution is -2.50. The van der Waals surface area contributed by atoms with Gasteiger partial charge in [0.1, 0.15) is 0 Å². The Balaban J connectivity index is 1.43. The van der Waals surface area contributed by atoms with E-state index in [2.05, 4.69) is 38.7 Å². The summed E-state index contributed by atoms with van der Waals surface area (Å²) in [6, 6.07) is 14.7. The van der Waals surface area contributed by atoms with Crippen molar-refractivity contribution < 1.29 is 4.79 Å². The summed E-state index contributed by atoms with van der Waals surface area (Å²) in [7, 11) is 0. The Hall–Kier alpha value is -2.24. The Bertz CT molecular complexity index is 717. The first kappa shape index (κ1) is 17.2. The molecule has 0 radical (unpaired) electrons. The third-order valence-corrected chi connectivity index (χ3v) is 5.34. The van der Waals surface area contributed by atoms with Crippen LogP contribution >= 0.6 is 0 Å². The van der Waals surface area contributed by atoms with Crippen molar-refractivity contribution in [1.82, 2.24) is 20.5 Å². The van der Waals surface area contributed by atoms with Gasteiger partial charge in [0.15, 0.2) is 0 Å². The molecule has 2 aliphatic rings. The van der Waals surface area contributed by atoms with Gasteiger partial charge in [-0.05, 0) is 36.0 Å². The lowest BCUT2D eigenvalue weighted by Gasteiger charge is -2.36. The van der Waals surface area contributed by atoms with E-state index in [1.54, 1.807) is 6.20 Å². The fourth-order valence-electron chi connectivity index (χ4n) is 3.80. The summed E-state index contributed by atoms with van der Waals surface area (Å²) in [6.07, 6.45) is 6.09. The average molecular weight is 350 g/mol. The van der Waals surface area contributed by atoms with Gasteiger partial charge in [0.05, 0.1) is 12.6 Å². The summed E-state index contributed by atoms with van der Waals surface area (Å²) in [4.78, 5) is 19.3. The van der Waals surface area contributed by atoms with Gasteiger partial charge in [-0.3, -0.25) is 14.7 Å². The van der Waals surface area contributed by atoms with Crippen LogP contribution in [0.25, 0.3) is 0 Å². The summed E-state index contributed by atoms with van der Waals surface area (Å²) >= 11 is 0. The molecule has 136 valence electrons. The summed E-state index contributed by atoms with van der Waals surface area (Å²) in [5.74, 6) is 0.694. The highest BCUT2D eigenvalue weighted by Crippen LogP contribution is 2.40. The number of carbonyl (C=O) groups is 1. The first-order valence-corrected chi connectivity index (χ1v) is 9.50. The third-order valence-electron chi connectivity index (χ3n) is 5.34. The van der Waals surface area contributed by atoms with E-state index in [0.29, 0.717) is 12.5 Å². The molecular weight excluding hydrogens is 324 g/mol. The normalized spacial score (nSPS) is 21.9. The zero-order valence-corrected chi connectivity index (χ0v) is 15.0. The maximum Gasteiger partial charge on any atom is 0.234 e. The molecule has 2 atom stereocenters. The zero-order valence-electron chi connectivity index (χ0n) is 15.0. The SMILES string of the molecule is O=C(CN1CCNCC1c1cccnc1)NC(c1ccccc1)C1CC1. The van der Waals surface area contributed by atoms with Crippen molar-refractivity contribution >= 4 is 5.91 Å². The van der Waals surface area contributed by atoms with Gasteiger partial charge in [-0.25, -0.2) is 0 Å². The number of amides is 1. The smallest absolute Gasteiger partial charge is 0.234 e. The summed E-state index contributed by atoms with van der Waals surface area (Å²) in [5, 5.41) is 6.73. The van der Waals surface area contributed by atoms with Crippen molar-refractivity contribution in [2.45, 2.75) is 24.9 Å². The molecule has 2 N–H and O–H groups in total. The number of hydrogen-bond donors (Lipinski definition) is 2. The topological polar surface area (TPSA) is 57.3 Å². The molecule has 1 aliphatic heterocycles. The standard InChI is InChI=1S/C21H26N4O/c26-20(24-21(17-8-9-17)16-5-2-1-3-6-16)15-25-12-11-23-14-19(25)18-7-4-10-22-13-18/h1-7,10,13,17,19,21,23H,8-9,11-12,14-15H2,(H,24,26). The summed E-state index contributed by atoms with van der Waals surface area (Å²) < 4.78 is 0. The van der Waals surface area contributed by atoms with Gasteiger partial charge in [-0.2, -0.15) is 0 Å². The maximum atomic E-state index is 12.8. The molecule has 4 rings (SSSR count). The molecular formula is C21H26N4O. The Morgan fingerprint density at radius 3 is 2.81 bits per heavy atom. The number of nitrogens with one attached hydrogen (secondary N) is 2. The number of piperazine rings is 1. The number of aromatic nitrogens is 1. The second kappa shape index (κ2) is 7.98. The number of rotatable bonds is 6. The average Bonchev–Trinajstić information content (AvgIpc) is 3.53. The van der Waals surface area contributed by atoms with E-state index >= 15 is 0 Å². The van der Waals surface area contributed by atoms with Crippen molar-refractivity contribution in [1.29, 1.82) is 0 Å². The van der Waals surface area contributed by atoms with Crippen LogP contribution in [-0.2, 0) is 4.79 Å². The first-order chi connectivity index (χ1) is 12.8. The minimum absolute atomic E-state index is 0.113. The van der Waals surface area contributed by atoms with Crippen molar-refractivity contribution in [3.05, 3.63) is 66.0 Å².